The molecule has 1 unspecified atom stereocenters. The lowest BCUT2D eigenvalue weighted by molar-refractivity contribution is -0.360. The first-order valence-corrected chi connectivity index (χ1v) is 12.9. The summed E-state index contributed by atoms with van der Waals surface area (Å²) in [5.74, 6) is -4.58. The minimum absolute atomic E-state index is 0.292. The molecule has 1 aromatic rings. The minimum Gasteiger partial charge on any atom is -0.457 e. The van der Waals surface area contributed by atoms with Crippen LogP contribution in [0.3, 0.4) is 0 Å². The highest BCUT2D eigenvalue weighted by Crippen LogP contribution is 2.41. The normalized spacial score (nSPS) is 41.9. The van der Waals surface area contributed by atoms with Gasteiger partial charge < -0.3 is 34.3 Å². The van der Waals surface area contributed by atoms with E-state index < -0.39 is 54.1 Å². The number of benzene rings is 1. The quantitative estimate of drug-likeness (QED) is 0.423. The number of aliphatic hydroxyl groups is 3. The Morgan fingerprint density at radius 2 is 1.64 bits per heavy atom. The van der Waals surface area contributed by atoms with Crippen LogP contribution in [-0.4, -0.2) is 71.8 Å². The molecule has 10 atom stereocenters. The highest BCUT2D eigenvalue weighted by Gasteiger charge is 2.58. The number of hydrogen-bond acceptors (Lipinski definition) is 8. The summed E-state index contributed by atoms with van der Waals surface area (Å²) >= 11 is 0. The fraction of sp³-hybridized carbons (Fsp3) is 0.679. The van der Waals surface area contributed by atoms with Crippen LogP contribution in [0.25, 0.3) is 0 Å². The number of cyclic esters (lactones) is 1. The molecule has 1 fully saturated rings. The largest absolute Gasteiger partial charge is 0.457 e. The molecule has 0 amide bonds. The molecule has 0 radical (unpaired) electrons. The maximum absolute atomic E-state index is 13.4. The van der Waals surface area contributed by atoms with Crippen LogP contribution in [0.4, 0.5) is 0 Å². The van der Waals surface area contributed by atoms with E-state index in [9.17, 15) is 20.1 Å². The Kier molecular flexibility index (Phi) is 10.1. The number of methoxy groups -OCH3 is 2. The second-order valence-electron chi connectivity index (χ2n) is 10.2. The standard InChI is InChI=1S/C28H42O8/c1-17-15-16-21(29)23(33-4)14-10-9-13-22(20-11-7-6-8-12-20)35-27(31)19(3)28(32)26(34-5)24(30)18(2)25(17)36-28/h6-8,11-12,15-19,21-26,29-30,32H,9-10,13-14H2,1-5H3/b16-15+/t17-,18-,19+,21+,22?,23-,24-,25-,26+,28-/m0/s1. The summed E-state index contributed by atoms with van der Waals surface area (Å²) in [6.07, 6.45) is 1.60. The van der Waals surface area contributed by atoms with Gasteiger partial charge in [-0.05, 0) is 31.7 Å². The predicted octanol–water partition coefficient (Wildman–Crippen LogP) is 3.15. The SMILES string of the molecule is CO[C@H]1CCCCC(c2ccccc2)OC(=O)[C@@H](C)[C@]2(O)O[C@H]([C@@H](C)[C@H](O)[C@H]2OC)[C@@H](C)/C=C/[C@H]1O. The van der Waals surface area contributed by atoms with Crippen molar-refractivity contribution in [2.75, 3.05) is 14.2 Å². The van der Waals surface area contributed by atoms with Crippen LogP contribution in [0.15, 0.2) is 42.5 Å². The Morgan fingerprint density at radius 3 is 2.28 bits per heavy atom. The summed E-state index contributed by atoms with van der Waals surface area (Å²) in [5.41, 5.74) is 0.852. The molecule has 0 aromatic heterocycles. The molecule has 202 valence electrons. The third-order valence-electron chi connectivity index (χ3n) is 7.78. The van der Waals surface area contributed by atoms with Crippen molar-refractivity contribution in [1.82, 2.24) is 0 Å². The smallest absolute Gasteiger partial charge is 0.314 e. The van der Waals surface area contributed by atoms with Crippen molar-refractivity contribution in [3.8, 4) is 0 Å². The molecule has 2 aliphatic heterocycles. The van der Waals surface area contributed by atoms with Gasteiger partial charge in [-0.3, -0.25) is 4.79 Å². The van der Waals surface area contributed by atoms with Crippen molar-refractivity contribution in [2.24, 2.45) is 17.8 Å². The topological polar surface area (TPSA) is 115 Å². The lowest BCUT2D eigenvalue weighted by Crippen LogP contribution is -2.66. The summed E-state index contributed by atoms with van der Waals surface area (Å²) in [5, 5.41) is 33.5. The first-order valence-electron chi connectivity index (χ1n) is 12.9. The highest BCUT2D eigenvalue weighted by atomic mass is 16.7. The molecule has 1 saturated heterocycles. The molecule has 0 spiro atoms. The minimum atomic E-state index is -2.11. The van der Waals surface area contributed by atoms with Crippen molar-refractivity contribution < 1.29 is 39.1 Å². The molecule has 0 aliphatic carbocycles. The molecule has 36 heavy (non-hydrogen) atoms. The zero-order valence-corrected chi connectivity index (χ0v) is 21.9. The van der Waals surface area contributed by atoms with E-state index in [1.54, 1.807) is 19.3 Å². The fourth-order valence-electron chi connectivity index (χ4n) is 5.35. The zero-order chi connectivity index (χ0) is 26.5. The van der Waals surface area contributed by atoms with E-state index in [4.69, 9.17) is 18.9 Å². The Balaban J connectivity index is 1.99. The van der Waals surface area contributed by atoms with Crippen molar-refractivity contribution in [3.05, 3.63) is 48.0 Å². The molecule has 3 rings (SSSR count). The van der Waals surface area contributed by atoms with Gasteiger partial charge in [0.25, 0.3) is 0 Å². The van der Waals surface area contributed by atoms with E-state index >= 15 is 0 Å². The summed E-state index contributed by atoms with van der Waals surface area (Å²) in [6.45, 7) is 5.23. The summed E-state index contributed by atoms with van der Waals surface area (Å²) in [6, 6.07) is 9.48. The van der Waals surface area contributed by atoms with Gasteiger partial charge in [-0.2, -0.15) is 0 Å². The molecule has 8 heteroatoms. The number of aliphatic hydroxyl groups excluding tert-OH is 2. The van der Waals surface area contributed by atoms with Crippen LogP contribution >= 0.6 is 0 Å². The molecule has 2 heterocycles. The molecule has 1 aromatic carbocycles. The van der Waals surface area contributed by atoms with E-state index in [2.05, 4.69) is 0 Å². The second-order valence-corrected chi connectivity index (χ2v) is 10.2. The molecule has 2 aliphatic rings. The molecule has 0 saturated carbocycles. The molecular formula is C28H42O8. The van der Waals surface area contributed by atoms with Gasteiger partial charge in [-0.25, -0.2) is 0 Å². The molecular weight excluding hydrogens is 464 g/mol. The Morgan fingerprint density at radius 1 is 0.972 bits per heavy atom. The predicted molar refractivity (Wildman–Crippen MR) is 134 cm³/mol. The van der Waals surface area contributed by atoms with Gasteiger partial charge in [-0.1, -0.05) is 62.8 Å². The van der Waals surface area contributed by atoms with Gasteiger partial charge in [0, 0.05) is 26.1 Å². The average molecular weight is 507 g/mol. The Bertz CT molecular complexity index is 860. The van der Waals surface area contributed by atoms with Crippen molar-refractivity contribution >= 4 is 5.97 Å². The van der Waals surface area contributed by atoms with Gasteiger partial charge in [0.1, 0.15) is 18.1 Å². The van der Waals surface area contributed by atoms with Crippen molar-refractivity contribution in [2.45, 2.75) is 88.9 Å². The Labute approximate surface area is 214 Å². The first-order chi connectivity index (χ1) is 17.1. The van der Waals surface area contributed by atoms with Crippen LogP contribution in [0, 0.1) is 17.8 Å². The van der Waals surface area contributed by atoms with E-state index in [0.29, 0.717) is 12.8 Å². The second kappa shape index (κ2) is 12.6. The van der Waals surface area contributed by atoms with Crippen molar-refractivity contribution in [1.29, 1.82) is 0 Å². The Hall–Kier alpha value is -1.81. The maximum atomic E-state index is 13.4. The summed E-state index contributed by atoms with van der Waals surface area (Å²) in [4.78, 5) is 13.4. The number of esters is 1. The molecule has 3 N–H and O–H groups in total. The van der Waals surface area contributed by atoms with E-state index in [0.717, 1.165) is 18.4 Å². The van der Waals surface area contributed by atoms with Crippen LogP contribution in [0.1, 0.15) is 58.1 Å². The van der Waals surface area contributed by atoms with Gasteiger partial charge in [-0.15, -0.1) is 0 Å². The number of hydrogen-bond donors (Lipinski definition) is 3. The van der Waals surface area contributed by atoms with Crippen LogP contribution in [0.5, 0.6) is 0 Å². The number of rotatable bonds is 3. The van der Waals surface area contributed by atoms with Gasteiger partial charge in [0.2, 0.25) is 5.79 Å². The van der Waals surface area contributed by atoms with E-state index in [1.165, 1.54) is 14.0 Å². The number of carbonyl (C=O) groups excluding carboxylic acids is 1. The van der Waals surface area contributed by atoms with E-state index in [-0.39, 0.29) is 12.0 Å². The monoisotopic (exact) mass is 506 g/mol. The van der Waals surface area contributed by atoms with Gasteiger partial charge in [0.15, 0.2) is 0 Å². The summed E-state index contributed by atoms with van der Waals surface area (Å²) < 4.78 is 23.1. The first kappa shape index (κ1) is 28.8. The van der Waals surface area contributed by atoms with Gasteiger partial charge in [0.05, 0.1) is 24.4 Å². The van der Waals surface area contributed by atoms with Crippen LogP contribution in [-0.2, 0) is 23.7 Å². The lowest BCUT2D eigenvalue weighted by atomic mass is 9.78. The third-order valence-corrected chi connectivity index (χ3v) is 7.78. The van der Waals surface area contributed by atoms with Gasteiger partial charge >= 0.3 is 5.97 Å². The number of carbonyl (C=O) groups is 1. The number of ether oxygens (including phenoxy) is 4. The number of fused-ring (bicyclic) bond motifs is 2. The highest BCUT2D eigenvalue weighted by molar-refractivity contribution is 5.73. The third kappa shape index (κ3) is 6.18. The van der Waals surface area contributed by atoms with Crippen LogP contribution in [0.2, 0.25) is 0 Å². The van der Waals surface area contributed by atoms with Crippen molar-refractivity contribution in [3.63, 3.8) is 0 Å². The lowest BCUT2D eigenvalue weighted by Gasteiger charge is -2.51. The van der Waals surface area contributed by atoms with Crippen LogP contribution < -0.4 is 0 Å². The summed E-state index contributed by atoms with van der Waals surface area (Å²) in [7, 11) is 2.95. The average Bonchev–Trinajstić information content (AvgIpc) is 2.88. The maximum Gasteiger partial charge on any atom is 0.314 e. The molecule has 2 bridgehead atoms. The zero-order valence-electron chi connectivity index (χ0n) is 21.9. The van der Waals surface area contributed by atoms with E-state index in [1.807, 2.05) is 44.2 Å². The molecule has 8 nitrogen and oxygen atoms in total. The fourth-order valence-corrected chi connectivity index (χ4v) is 5.35.